The summed E-state index contributed by atoms with van der Waals surface area (Å²) in [7, 11) is 1.32. The summed E-state index contributed by atoms with van der Waals surface area (Å²) in [6, 6.07) is 7.86. The zero-order valence-corrected chi connectivity index (χ0v) is 10.8. The van der Waals surface area contributed by atoms with Gasteiger partial charge < -0.3 is 14.6 Å². The highest BCUT2D eigenvalue weighted by Crippen LogP contribution is 2.16. The molecule has 0 saturated carbocycles. The summed E-state index contributed by atoms with van der Waals surface area (Å²) in [6.07, 6.45) is -0.00759. The summed E-state index contributed by atoms with van der Waals surface area (Å²) in [6.45, 7) is 2.41. The van der Waals surface area contributed by atoms with Gasteiger partial charge >= 0.3 is 6.09 Å². The third kappa shape index (κ3) is 3.54. The van der Waals surface area contributed by atoms with Crippen LogP contribution in [0.15, 0.2) is 28.8 Å². The zero-order valence-electron chi connectivity index (χ0n) is 10.8. The Morgan fingerprint density at radius 3 is 2.79 bits per heavy atom. The number of aryl methyl sites for hydroxylation is 1. The molecule has 100 valence electrons. The molecule has 0 unspecified atom stereocenters. The molecule has 0 saturated heterocycles. The van der Waals surface area contributed by atoms with Crippen molar-refractivity contribution in [1.82, 2.24) is 15.5 Å². The Labute approximate surface area is 110 Å². The lowest BCUT2D eigenvalue weighted by atomic mass is 10.1. The molecule has 0 atom stereocenters. The van der Waals surface area contributed by atoms with Gasteiger partial charge in [0.2, 0.25) is 11.7 Å². The van der Waals surface area contributed by atoms with Crippen LogP contribution in [0, 0.1) is 6.92 Å². The molecular formula is C13H15N3O3. The van der Waals surface area contributed by atoms with Gasteiger partial charge in [-0.25, -0.2) is 4.79 Å². The lowest BCUT2D eigenvalue weighted by Gasteiger charge is -1.99. The summed E-state index contributed by atoms with van der Waals surface area (Å²) >= 11 is 0. The second kappa shape index (κ2) is 5.99. The van der Waals surface area contributed by atoms with Gasteiger partial charge in [-0.15, -0.1) is 0 Å². The van der Waals surface area contributed by atoms with Crippen molar-refractivity contribution in [3.05, 3.63) is 35.7 Å². The van der Waals surface area contributed by atoms with Gasteiger partial charge in [0.05, 0.1) is 7.11 Å². The molecule has 0 fully saturated rings. The van der Waals surface area contributed by atoms with Crippen LogP contribution in [0.5, 0.6) is 0 Å². The molecule has 1 aromatic heterocycles. The summed E-state index contributed by atoms with van der Waals surface area (Å²) < 4.78 is 9.57. The van der Waals surface area contributed by atoms with E-state index in [0.717, 1.165) is 5.56 Å². The van der Waals surface area contributed by atoms with Crippen LogP contribution in [0.4, 0.5) is 4.79 Å². The maximum Gasteiger partial charge on any atom is 0.406 e. The number of ether oxygens (including phenoxy) is 1. The summed E-state index contributed by atoms with van der Waals surface area (Å²) in [4.78, 5) is 15.1. The lowest BCUT2D eigenvalue weighted by Crippen LogP contribution is -2.25. The average molecular weight is 261 g/mol. The molecule has 6 heteroatoms. The van der Waals surface area contributed by atoms with Gasteiger partial charge in [0.1, 0.15) is 0 Å². The van der Waals surface area contributed by atoms with Crippen LogP contribution in [0.25, 0.3) is 11.4 Å². The highest BCUT2D eigenvalue weighted by atomic mass is 16.5. The summed E-state index contributed by atoms with van der Waals surface area (Å²) in [5, 5.41) is 6.45. The smallest absolute Gasteiger partial charge is 0.406 e. The maximum atomic E-state index is 10.9. The van der Waals surface area contributed by atoms with Crippen LogP contribution in [-0.2, 0) is 11.2 Å². The molecule has 0 aliphatic carbocycles. The Morgan fingerprint density at radius 2 is 2.11 bits per heavy atom. The Bertz CT molecular complexity index is 549. The molecule has 6 nitrogen and oxygen atoms in total. The van der Waals surface area contributed by atoms with E-state index in [1.807, 2.05) is 31.2 Å². The first-order chi connectivity index (χ1) is 9.19. The van der Waals surface area contributed by atoms with Gasteiger partial charge in [-0.2, -0.15) is 4.98 Å². The van der Waals surface area contributed by atoms with Crippen molar-refractivity contribution >= 4 is 6.09 Å². The van der Waals surface area contributed by atoms with E-state index in [9.17, 15) is 4.79 Å². The van der Waals surface area contributed by atoms with Crippen LogP contribution in [0.1, 0.15) is 11.5 Å². The number of nitrogens with zero attached hydrogens (tertiary/aromatic N) is 2. The first-order valence-corrected chi connectivity index (χ1v) is 5.90. The van der Waals surface area contributed by atoms with Crippen molar-refractivity contribution in [1.29, 1.82) is 0 Å². The molecule has 0 spiro atoms. The van der Waals surface area contributed by atoms with Crippen LogP contribution >= 0.6 is 0 Å². The maximum absolute atomic E-state index is 10.9. The Kier molecular flexibility index (Phi) is 4.12. The number of hydrogen-bond donors (Lipinski definition) is 1. The van der Waals surface area contributed by atoms with Gasteiger partial charge in [-0.1, -0.05) is 35.0 Å². The zero-order chi connectivity index (χ0) is 13.7. The molecule has 0 bridgehead atoms. The SMILES string of the molecule is COC(=O)NCCc1nc(-c2ccc(C)cc2)no1. The van der Waals surface area contributed by atoms with E-state index >= 15 is 0 Å². The van der Waals surface area contributed by atoms with E-state index in [-0.39, 0.29) is 0 Å². The molecule has 0 radical (unpaired) electrons. The molecule has 2 rings (SSSR count). The van der Waals surface area contributed by atoms with Gasteiger partial charge in [0, 0.05) is 18.5 Å². The number of aromatic nitrogens is 2. The fraction of sp³-hybridized carbons (Fsp3) is 0.308. The predicted molar refractivity (Wildman–Crippen MR) is 68.6 cm³/mol. The van der Waals surface area contributed by atoms with Gasteiger partial charge in [-0.3, -0.25) is 0 Å². The third-order valence-corrected chi connectivity index (χ3v) is 2.57. The monoisotopic (exact) mass is 261 g/mol. The highest BCUT2D eigenvalue weighted by molar-refractivity contribution is 5.66. The molecule has 1 N–H and O–H groups in total. The molecule has 0 aliphatic heterocycles. The Hall–Kier alpha value is -2.37. The molecule has 1 heterocycles. The summed E-state index contributed by atoms with van der Waals surface area (Å²) in [5.41, 5.74) is 2.08. The second-order valence-corrected chi connectivity index (χ2v) is 4.05. The molecular weight excluding hydrogens is 246 g/mol. The average Bonchev–Trinajstić information content (AvgIpc) is 2.88. The van der Waals surface area contributed by atoms with E-state index in [4.69, 9.17) is 4.52 Å². The molecule has 19 heavy (non-hydrogen) atoms. The number of nitrogens with one attached hydrogen (secondary N) is 1. The van der Waals surface area contributed by atoms with Crippen molar-refractivity contribution in [2.75, 3.05) is 13.7 Å². The molecule has 2 aromatic rings. The minimum absolute atomic E-state index is 0.391. The van der Waals surface area contributed by atoms with Crippen LogP contribution < -0.4 is 5.32 Å². The first kappa shape index (κ1) is 13.1. The molecule has 0 aliphatic rings. The van der Waals surface area contributed by atoms with Gasteiger partial charge in [0.25, 0.3) is 0 Å². The van der Waals surface area contributed by atoms with Crippen LogP contribution in [0.2, 0.25) is 0 Å². The van der Waals surface area contributed by atoms with Crippen molar-refractivity contribution in [2.45, 2.75) is 13.3 Å². The standard InChI is InChI=1S/C13H15N3O3/c1-9-3-5-10(6-4-9)12-15-11(19-16-12)7-8-14-13(17)18-2/h3-6H,7-8H2,1-2H3,(H,14,17). The molecule has 1 aromatic carbocycles. The van der Waals surface area contributed by atoms with E-state index < -0.39 is 6.09 Å². The normalized spacial score (nSPS) is 10.2. The number of amides is 1. The summed E-state index contributed by atoms with van der Waals surface area (Å²) in [5.74, 6) is 1.03. The number of methoxy groups -OCH3 is 1. The van der Waals surface area contributed by atoms with Crippen molar-refractivity contribution in [3.63, 3.8) is 0 Å². The highest BCUT2D eigenvalue weighted by Gasteiger charge is 2.08. The van der Waals surface area contributed by atoms with Crippen LogP contribution in [0.3, 0.4) is 0 Å². The van der Waals surface area contributed by atoms with Crippen molar-refractivity contribution in [3.8, 4) is 11.4 Å². The second-order valence-electron chi connectivity index (χ2n) is 4.05. The first-order valence-electron chi connectivity index (χ1n) is 5.90. The fourth-order valence-electron chi connectivity index (χ4n) is 1.52. The topological polar surface area (TPSA) is 77.2 Å². The fourth-order valence-corrected chi connectivity index (χ4v) is 1.52. The number of carbonyl (C=O) groups is 1. The minimum atomic E-state index is -0.474. The molecule has 1 amide bonds. The van der Waals surface area contributed by atoms with Gasteiger partial charge in [0.15, 0.2) is 0 Å². The van der Waals surface area contributed by atoms with E-state index in [1.165, 1.54) is 12.7 Å². The van der Waals surface area contributed by atoms with Crippen molar-refractivity contribution < 1.29 is 14.1 Å². The van der Waals surface area contributed by atoms with Gasteiger partial charge in [-0.05, 0) is 6.92 Å². The van der Waals surface area contributed by atoms with E-state index in [0.29, 0.717) is 24.7 Å². The lowest BCUT2D eigenvalue weighted by molar-refractivity contribution is 0.171. The quantitative estimate of drug-likeness (QED) is 0.910. The predicted octanol–water partition coefficient (Wildman–Crippen LogP) is 1.94. The minimum Gasteiger partial charge on any atom is -0.453 e. The van der Waals surface area contributed by atoms with Crippen molar-refractivity contribution in [2.24, 2.45) is 0 Å². The number of alkyl carbamates (subject to hydrolysis) is 1. The Morgan fingerprint density at radius 1 is 1.37 bits per heavy atom. The van der Waals surface area contributed by atoms with E-state index in [2.05, 4.69) is 20.2 Å². The number of carbonyl (C=O) groups excluding carboxylic acids is 1. The number of hydrogen-bond acceptors (Lipinski definition) is 5. The van der Waals surface area contributed by atoms with E-state index in [1.54, 1.807) is 0 Å². The Balaban J connectivity index is 1.95. The number of benzene rings is 1. The van der Waals surface area contributed by atoms with Crippen LogP contribution in [-0.4, -0.2) is 29.9 Å². The number of rotatable bonds is 4. The largest absolute Gasteiger partial charge is 0.453 e. The third-order valence-electron chi connectivity index (χ3n) is 2.57.